The molecule has 3 heterocycles. The molecule has 0 N–H and O–H groups in total. The van der Waals surface area contributed by atoms with E-state index in [1.807, 2.05) is 11.3 Å². The SMILES string of the molecule is c1nc(N2CCCC2)sc1CN1CC[C@H](C2CCCCC2)C1. The Kier molecular flexibility index (Phi) is 4.67. The number of hydrogen-bond acceptors (Lipinski definition) is 4. The van der Waals surface area contributed by atoms with Gasteiger partial charge in [-0.2, -0.15) is 0 Å². The first-order valence-corrected chi connectivity index (χ1v) is 10.1. The lowest BCUT2D eigenvalue weighted by molar-refractivity contribution is 0.235. The van der Waals surface area contributed by atoms with E-state index in [0.717, 1.165) is 18.4 Å². The van der Waals surface area contributed by atoms with Gasteiger partial charge in [0, 0.05) is 37.3 Å². The van der Waals surface area contributed by atoms with Crippen LogP contribution in [0.15, 0.2) is 6.20 Å². The number of likely N-dealkylation sites (tertiary alicyclic amines) is 1. The van der Waals surface area contributed by atoms with Gasteiger partial charge < -0.3 is 4.90 Å². The molecule has 0 spiro atoms. The van der Waals surface area contributed by atoms with Crippen LogP contribution in [0.1, 0.15) is 56.2 Å². The standard InChI is InChI=1S/C18H29N3S/c1-2-6-15(7-3-1)16-8-11-20(13-16)14-17-12-19-18(22-17)21-9-4-5-10-21/h12,15-16H,1-11,13-14H2/t16-/m0/s1. The van der Waals surface area contributed by atoms with Gasteiger partial charge in [-0.05, 0) is 37.6 Å². The van der Waals surface area contributed by atoms with Gasteiger partial charge in [-0.1, -0.05) is 32.1 Å². The fraction of sp³-hybridized carbons (Fsp3) is 0.833. The molecule has 22 heavy (non-hydrogen) atoms. The van der Waals surface area contributed by atoms with Crippen molar-refractivity contribution in [1.82, 2.24) is 9.88 Å². The zero-order chi connectivity index (χ0) is 14.8. The molecule has 1 aliphatic carbocycles. The first-order valence-electron chi connectivity index (χ1n) is 9.30. The van der Waals surface area contributed by atoms with Crippen LogP contribution < -0.4 is 4.90 Å². The molecule has 122 valence electrons. The second kappa shape index (κ2) is 6.88. The summed E-state index contributed by atoms with van der Waals surface area (Å²) >= 11 is 1.93. The van der Waals surface area contributed by atoms with Gasteiger partial charge in [-0.25, -0.2) is 4.98 Å². The molecule has 0 aromatic carbocycles. The van der Waals surface area contributed by atoms with Crippen molar-refractivity contribution in [2.24, 2.45) is 11.8 Å². The molecule has 0 bridgehead atoms. The second-order valence-electron chi connectivity index (χ2n) is 7.49. The van der Waals surface area contributed by atoms with E-state index in [-0.39, 0.29) is 0 Å². The van der Waals surface area contributed by atoms with Crippen LogP contribution in [0.2, 0.25) is 0 Å². The van der Waals surface area contributed by atoms with Crippen molar-refractivity contribution in [3.63, 3.8) is 0 Å². The Morgan fingerprint density at radius 2 is 1.77 bits per heavy atom. The maximum Gasteiger partial charge on any atom is 0.185 e. The molecular weight excluding hydrogens is 290 g/mol. The van der Waals surface area contributed by atoms with Gasteiger partial charge in [0.2, 0.25) is 0 Å². The average molecular weight is 320 g/mol. The van der Waals surface area contributed by atoms with Crippen LogP contribution in [-0.2, 0) is 6.54 Å². The maximum absolute atomic E-state index is 4.67. The number of rotatable bonds is 4. The normalized spacial score (nSPS) is 27.8. The molecule has 4 rings (SSSR count). The molecule has 1 saturated carbocycles. The summed E-state index contributed by atoms with van der Waals surface area (Å²) in [6, 6.07) is 0. The first-order chi connectivity index (χ1) is 10.9. The fourth-order valence-corrected chi connectivity index (χ4v) is 5.65. The Labute approximate surface area is 138 Å². The molecular formula is C18H29N3S. The third-order valence-corrected chi connectivity index (χ3v) is 6.97. The highest BCUT2D eigenvalue weighted by molar-refractivity contribution is 7.15. The highest BCUT2D eigenvalue weighted by Crippen LogP contribution is 2.36. The van der Waals surface area contributed by atoms with Crippen molar-refractivity contribution in [3.8, 4) is 0 Å². The van der Waals surface area contributed by atoms with E-state index < -0.39 is 0 Å². The number of anilines is 1. The minimum Gasteiger partial charge on any atom is -0.348 e. The Morgan fingerprint density at radius 1 is 0.955 bits per heavy atom. The molecule has 0 radical (unpaired) electrons. The Morgan fingerprint density at radius 3 is 2.59 bits per heavy atom. The molecule has 3 nitrogen and oxygen atoms in total. The van der Waals surface area contributed by atoms with Crippen LogP contribution in [0.4, 0.5) is 5.13 Å². The van der Waals surface area contributed by atoms with E-state index in [9.17, 15) is 0 Å². The van der Waals surface area contributed by atoms with Gasteiger partial charge in [-0.15, -0.1) is 11.3 Å². The summed E-state index contributed by atoms with van der Waals surface area (Å²) in [4.78, 5) is 11.3. The summed E-state index contributed by atoms with van der Waals surface area (Å²) in [5.41, 5.74) is 0. The largest absolute Gasteiger partial charge is 0.348 e. The summed E-state index contributed by atoms with van der Waals surface area (Å²) in [6.45, 7) is 6.19. The zero-order valence-corrected chi connectivity index (χ0v) is 14.5. The lowest BCUT2D eigenvalue weighted by atomic mass is 9.80. The highest BCUT2D eigenvalue weighted by Gasteiger charge is 2.30. The maximum atomic E-state index is 4.67. The minimum absolute atomic E-state index is 0.978. The third-order valence-electron chi connectivity index (χ3n) is 5.92. The third kappa shape index (κ3) is 3.33. The van der Waals surface area contributed by atoms with Gasteiger partial charge in [0.05, 0.1) is 0 Å². The van der Waals surface area contributed by atoms with Crippen LogP contribution in [0.3, 0.4) is 0 Å². The Hall–Kier alpha value is -0.610. The lowest BCUT2D eigenvalue weighted by Crippen LogP contribution is -2.23. The number of nitrogens with zero attached hydrogens (tertiary/aromatic N) is 3. The van der Waals surface area contributed by atoms with E-state index >= 15 is 0 Å². The van der Waals surface area contributed by atoms with E-state index in [0.29, 0.717) is 0 Å². The van der Waals surface area contributed by atoms with Gasteiger partial charge in [0.1, 0.15) is 0 Å². The molecule has 1 aromatic rings. The van der Waals surface area contributed by atoms with Gasteiger partial charge in [0.25, 0.3) is 0 Å². The predicted molar refractivity (Wildman–Crippen MR) is 93.5 cm³/mol. The van der Waals surface area contributed by atoms with Crippen molar-refractivity contribution >= 4 is 16.5 Å². The van der Waals surface area contributed by atoms with Crippen LogP contribution in [0.25, 0.3) is 0 Å². The number of aromatic nitrogens is 1. The smallest absolute Gasteiger partial charge is 0.185 e. The molecule has 1 aromatic heterocycles. The van der Waals surface area contributed by atoms with Crippen molar-refractivity contribution in [1.29, 1.82) is 0 Å². The summed E-state index contributed by atoms with van der Waals surface area (Å²) in [7, 11) is 0. The first kappa shape index (κ1) is 14.9. The number of hydrogen-bond donors (Lipinski definition) is 0. The molecule has 0 unspecified atom stereocenters. The quantitative estimate of drug-likeness (QED) is 0.831. The van der Waals surface area contributed by atoms with E-state index in [4.69, 9.17) is 0 Å². The molecule has 4 heteroatoms. The molecule has 3 fully saturated rings. The van der Waals surface area contributed by atoms with Crippen LogP contribution in [0, 0.1) is 11.8 Å². The van der Waals surface area contributed by atoms with Crippen LogP contribution >= 0.6 is 11.3 Å². The van der Waals surface area contributed by atoms with E-state index in [1.54, 1.807) is 0 Å². The molecule has 2 aliphatic heterocycles. The van der Waals surface area contributed by atoms with Crippen molar-refractivity contribution in [2.75, 3.05) is 31.1 Å². The topological polar surface area (TPSA) is 19.4 Å². The predicted octanol–water partition coefficient (Wildman–Crippen LogP) is 4.15. The van der Waals surface area contributed by atoms with Crippen molar-refractivity contribution in [2.45, 2.75) is 57.9 Å². The Balaban J connectivity index is 1.30. The fourth-order valence-electron chi connectivity index (χ4n) is 4.64. The van der Waals surface area contributed by atoms with E-state index in [2.05, 4.69) is 21.0 Å². The van der Waals surface area contributed by atoms with Crippen LogP contribution in [0.5, 0.6) is 0 Å². The summed E-state index contributed by atoms with van der Waals surface area (Å²) in [6.07, 6.45) is 13.7. The molecule has 2 saturated heterocycles. The second-order valence-corrected chi connectivity index (χ2v) is 8.58. The van der Waals surface area contributed by atoms with Gasteiger partial charge in [0.15, 0.2) is 5.13 Å². The van der Waals surface area contributed by atoms with E-state index in [1.165, 1.54) is 87.6 Å². The Bertz CT molecular complexity index is 474. The lowest BCUT2D eigenvalue weighted by Gasteiger charge is -2.27. The zero-order valence-electron chi connectivity index (χ0n) is 13.7. The van der Waals surface area contributed by atoms with Gasteiger partial charge >= 0.3 is 0 Å². The summed E-state index contributed by atoms with van der Waals surface area (Å²) in [5.74, 6) is 2.01. The van der Waals surface area contributed by atoms with Crippen LogP contribution in [-0.4, -0.2) is 36.1 Å². The van der Waals surface area contributed by atoms with Gasteiger partial charge in [-0.3, -0.25) is 4.90 Å². The molecule has 1 atom stereocenters. The number of thiazole rings is 1. The minimum atomic E-state index is 0.978. The monoisotopic (exact) mass is 319 g/mol. The van der Waals surface area contributed by atoms with Crippen molar-refractivity contribution < 1.29 is 0 Å². The molecule has 0 amide bonds. The molecule has 3 aliphatic rings. The summed E-state index contributed by atoms with van der Waals surface area (Å²) in [5, 5.41) is 1.26. The average Bonchev–Trinajstić information content (AvgIpc) is 3.30. The van der Waals surface area contributed by atoms with Crippen molar-refractivity contribution in [3.05, 3.63) is 11.1 Å². The highest BCUT2D eigenvalue weighted by atomic mass is 32.1. The summed E-state index contributed by atoms with van der Waals surface area (Å²) < 4.78 is 0.